The van der Waals surface area contributed by atoms with Crippen LogP contribution in [-0.2, 0) is 5.60 Å². The number of ether oxygens (including phenoxy) is 1. The third kappa shape index (κ3) is 3.48. The quantitative estimate of drug-likeness (QED) is 0.599. The molecule has 134 valence electrons. The maximum absolute atomic E-state index is 12.0. The normalized spacial score (nSPS) is 14.5. The lowest BCUT2D eigenvalue weighted by Crippen LogP contribution is -2.34. The fraction of sp³-hybridized carbons (Fsp3) is 0.217. The molecular weight excluding hydrogens is 344 g/mol. The Hall–Kier alpha value is -2.29. The fourth-order valence-electron chi connectivity index (χ4n) is 3.57. The second-order valence-electron chi connectivity index (χ2n) is 6.37. The molecule has 2 atom stereocenters. The summed E-state index contributed by atoms with van der Waals surface area (Å²) >= 11 is 6.08. The van der Waals surface area contributed by atoms with Crippen LogP contribution in [-0.4, -0.2) is 12.2 Å². The first-order valence-corrected chi connectivity index (χ1v) is 9.15. The highest BCUT2D eigenvalue weighted by molar-refractivity contribution is 6.30. The molecule has 0 aromatic heterocycles. The second-order valence-corrected chi connectivity index (χ2v) is 6.81. The molecule has 0 aliphatic rings. The van der Waals surface area contributed by atoms with Crippen LogP contribution in [0.25, 0.3) is 0 Å². The van der Waals surface area contributed by atoms with E-state index < -0.39 is 5.60 Å². The summed E-state index contributed by atoms with van der Waals surface area (Å²) in [5.41, 5.74) is 1.60. The third-order valence-electron chi connectivity index (χ3n) is 4.93. The topological polar surface area (TPSA) is 29.5 Å². The lowest BCUT2D eigenvalue weighted by atomic mass is 9.72. The van der Waals surface area contributed by atoms with Gasteiger partial charge in [-0.15, -0.1) is 0 Å². The Morgan fingerprint density at radius 1 is 0.885 bits per heavy atom. The van der Waals surface area contributed by atoms with Crippen molar-refractivity contribution in [3.05, 3.63) is 101 Å². The maximum Gasteiger partial charge on any atom is 0.121 e. The van der Waals surface area contributed by atoms with Gasteiger partial charge in [-0.25, -0.2) is 0 Å². The van der Waals surface area contributed by atoms with E-state index in [0.717, 1.165) is 28.9 Å². The Balaban J connectivity index is 2.16. The van der Waals surface area contributed by atoms with Gasteiger partial charge in [0.15, 0.2) is 0 Å². The molecular formula is C23H23ClO2. The highest BCUT2D eigenvalue weighted by atomic mass is 35.5. The van der Waals surface area contributed by atoms with Gasteiger partial charge in [-0.2, -0.15) is 0 Å². The number of methoxy groups -OCH3 is 1. The van der Waals surface area contributed by atoms with Crippen molar-refractivity contribution in [3.8, 4) is 5.75 Å². The van der Waals surface area contributed by atoms with Crippen LogP contribution in [0.5, 0.6) is 5.75 Å². The Morgan fingerprint density at radius 2 is 1.46 bits per heavy atom. The molecule has 3 rings (SSSR count). The molecule has 0 spiro atoms. The van der Waals surface area contributed by atoms with Crippen LogP contribution in [0.2, 0.25) is 5.02 Å². The predicted molar refractivity (Wildman–Crippen MR) is 107 cm³/mol. The van der Waals surface area contributed by atoms with Gasteiger partial charge in [0.05, 0.1) is 7.11 Å². The highest BCUT2D eigenvalue weighted by Crippen LogP contribution is 2.44. The monoisotopic (exact) mass is 366 g/mol. The number of halogens is 1. The molecule has 3 heteroatoms. The minimum atomic E-state index is -1.16. The predicted octanol–water partition coefficient (Wildman–Crippen LogP) is 5.78. The van der Waals surface area contributed by atoms with Gasteiger partial charge in [0.25, 0.3) is 0 Å². The Bertz CT molecular complexity index is 828. The van der Waals surface area contributed by atoms with Crippen LogP contribution < -0.4 is 4.74 Å². The van der Waals surface area contributed by atoms with Crippen LogP contribution in [0.1, 0.15) is 36.0 Å². The zero-order chi connectivity index (χ0) is 18.6. The van der Waals surface area contributed by atoms with E-state index >= 15 is 0 Å². The van der Waals surface area contributed by atoms with Crippen LogP contribution in [0.15, 0.2) is 78.9 Å². The van der Waals surface area contributed by atoms with Gasteiger partial charge in [-0.05, 0) is 47.4 Å². The lowest BCUT2D eigenvalue weighted by Gasteiger charge is -2.37. The van der Waals surface area contributed by atoms with Gasteiger partial charge in [0.1, 0.15) is 11.4 Å². The van der Waals surface area contributed by atoms with E-state index in [9.17, 15) is 5.11 Å². The van der Waals surface area contributed by atoms with Gasteiger partial charge in [-0.3, -0.25) is 0 Å². The van der Waals surface area contributed by atoms with Crippen molar-refractivity contribution in [1.29, 1.82) is 0 Å². The Kier molecular flexibility index (Phi) is 5.65. The summed E-state index contributed by atoms with van der Waals surface area (Å²) < 4.78 is 5.27. The number of hydrogen-bond donors (Lipinski definition) is 1. The molecule has 0 saturated heterocycles. The smallest absolute Gasteiger partial charge is 0.121 e. The van der Waals surface area contributed by atoms with Crippen molar-refractivity contribution >= 4 is 11.6 Å². The van der Waals surface area contributed by atoms with Crippen LogP contribution in [0, 0.1) is 0 Å². The zero-order valence-electron chi connectivity index (χ0n) is 15.0. The third-order valence-corrected chi connectivity index (χ3v) is 5.18. The minimum absolute atomic E-state index is 0.114. The van der Waals surface area contributed by atoms with Gasteiger partial charge in [0.2, 0.25) is 0 Å². The van der Waals surface area contributed by atoms with Gasteiger partial charge >= 0.3 is 0 Å². The van der Waals surface area contributed by atoms with E-state index in [4.69, 9.17) is 16.3 Å². The van der Waals surface area contributed by atoms with Crippen molar-refractivity contribution in [2.24, 2.45) is 0 Å². The first kappa shape index (κ1) is 18.5. The average molecular weight is 367 g/mol. The van der Waals surface area contributed by atoms with E-state index in [1.54, 1.807) is 7.11 Å². The van der Waals surface area contributed by atoms with E-state index in [0.29, 0.717) is 5.02 Å². The molecule has 1 N–H and O–H groups in total. The molecule has 0 unspecified atom stereocenters. The Labute approximate surface area is 160 Å². The summed E-state index contributed by atoms with van der Waals surface area (Å²) in [6.07, 6.45) is 0.778. The zero-order valence-corrected chi connectivity index (χ0v) is 15.8. The molecule has 0 radical (unpaired) electrons. The van der Waals surface area contributed by atoms with Crippen molar-refractivity contribution in [3.63, 3.8) is 0 Å². The summed E-state index contributed by atoms with van der Waals surface area (Å²) in [5.74, 6) is 0.690. The largest absolute Gasteiger partial charge is 0.497 e. The summed E-state index contributed by atoms with van der Waals surface area (Å²) in [7, 11) is 1.65. The molecule has 0 saturated carbocycles. The number of aliphatic hydroxyl groups is 1. The van der Waals surface area contributed by atoms with Crippen molar-refractivity contribution in [1.82, 2.24) is 0 Å². The van der Waals surface area contributed by atoms with Gasteiger partial charge < -0.3 is 9.84 Å². The Morgan fingerprint density at radius 3 is 2.00 bits per heavy atom. The SMILES string of the molecule is CC[C@H](c1ccc(OC)cc1)[C@@](O)(c1ccccc1)c1ccc(Cl)cc1. The number of hydrogen-bond acceptors (Lipinski definition) is 2. The second kappa shape index (κ2) is 7.94. The molecule has 3 aromatic carbocycles. The summed E-state index contributed by atoms with van der Waals surface area (Å²) in [4.78, 5) is 0. The molecule has 0 bridgehead atoms. The molecule has 26 heavy (non-hydrogen) atoms. The van der Waals surface area contributed by atoms with Crippen LogP contribution >= 0.6 is 11.6 Å². The standard InChI is InChI=1S/C23H23ClO2/c1-3-22(17-9-15-21(26-2)16-10-17)23(25,18-7-5-4-6-8-18)19-11-13-20(24)14-12-19/h4-16,22,25H,3H2,1-2H3/t22-,23-/m1/s1. The summed E-state index contributed by atoms with van der Waals surface area (Å²) in [6.45, 7) is 2.10. The number of benzene rings is 3. The van der Waals surface area contributed by atoms with Crippen molar-refractivity contribution in [2.45, 2.75) is 24.9 Å². The molecule has 0 heterocycles. The maximum atomic E-state index is 12.0. The first-order valence-electron chi connectivity index (χ1n) is 8.77. The molecule has 0 aliphatic carbocycles. The van der Waals surface area contributed by atoms with Crippen LogP contribution in [0.3, 0.4) is 0 Å². The summed E-state index contributed by atoms with van der Waals surface area (Å²) in [5, 5.41) is 12.7. The molecule has 0 aliphatic heterocycles. The lowest BCUT2D eigenvalue weighted by molar-refractivity contribution is 0.0476. The van der Waals surface area contributed by atoms with E-state index in [-0.39, 0.29) is 5.92 Å². The summed E-state index contributed by atoms with van der Waals surface area (Å²) in [6, 6.07) is 25.2. The molecule has 0 fully saturated rings. The van der Waals surface area contributed by atoms with Crippen molar-refractivity contribution < 1.29 is 9.84 Å². The van der Waals surface area contributed by atoms with E-state index in [2.05, 4.69) is 6.92 Å². The van der Waals surface area contributed by atoms with Gasteiger partial charge in [-0.1, -0.05) is 73.1 Å². The van der Waals surface area contributed by atoms with E-state index in [1.165, 1.54) is 0 Å². The molecule has 3 aromatic rings. The average Bonchev–Trinajstić information content (AvgIpc) is 2.70. The first-order chi connectivity index (χ1) is 12.6. The van der Waals surface area contributed by atoms with Crippen molar-refractivity contribution in [2.75, 3.05) is 7.11 Å². The number of rotatable bonds is 6. The van der Waals surface area contributed by atoms with E-state index in [1.807, 2.05) is 78.9 Å². The van der Waals surface area contributed by atoms with Gasteiger partial charge in [0, 0.05) is 10.9 Å². The highest BCUT2D eigenvalue weighted by Gasteiger charge is 2.40. The fourth-order valence-corrected chi connectivity index (χ4v) is 3.70. The minimum Gasteiger partial charge on any atom is -0.497 e. The molecule has 2 nitrogen and oxygen atoms in total. The molecule has 0 amide bonds. The van der Waals surface area contributed by atoms with Crippen LogP contribution in [0.4, 0.5) is 0 Å².